The summed E-state index contributed by atoms with van der Waals surface area (Å²) in [5.74, 6) is 3.14. The van der Waals surface area contributed by atoms with Crippen LogP contribution in [0.1, 0.15) is 232 Å². The third-order valence-electron chi connectivity index (χ3n) is 19.0. The molecule has 13 rings (SSSR count). The van der Waals surface area contributed by atoms with Crippen LogP contribution in [-0.2, 0) is 44.0 Å². The van der Waals surface area contributed by atoms with E-state index in [1.54, 1.807) is 0 Å². The molecule has 0 N–H and O–H groups in total. The zero-order valence-electron chi connectivity index (χ0n) is 55.6. The summed E-state index contributed by atoms with van der Waals surface area (Å²) in [4.78, 5) is 9.71. The van der Waals surface area contributed by atoms with Crippen LogP contribution in [0.3, 0.4) is 0 Å². The van der Waals surface area contributed by atoms with Crippen molar-refractivity contribution in [2.24, 2.45) is 0 Å². The number of hydrogen-bond donors (Lipinski definition) is 0. The standard InChI is InChI=1S/C46H48BN2.C33H44N3.Au/c1-43(2,3)26-16-18-36-30(20-26)32-22-28(45(7,8)9)24-34-41(32)48(36)38-14-13-15-39-40(38)47(34)35-25-29(46(10,11)12)23-33-31-21-27(44(4,5)6)17-19-37(31)49(39)42(33)35;1-20(2)25-17-28(23(7)8)32(29(18-25)24(9)10)35-19-36(33-30(35)15-12-16-34-33)31-26(21(3)4)13-11-14-27(31)22(5)6;/h14-25H,1-12H3;11-24H,1-10H3;/q2*-1;. The summed E-state index contributed by atoms with van der Waals surface area (Å²) in [6.45, 7) is 53.5. The van der Waals surface area contributed by atoms with E-state index in [2.05, 4.69) is 299 Å². The Kier molecular flexibility index (Phi) is 15.3. The quantitative estimate of drug-likeness (QED) is 0.118. The molecule has 3 aliphatic heterocycles. The molecule has 0 saturated heterocycles. The van der Waals surface area contributed by atoms with Gasteiger partial charge in [-0.05, 0) is 161 Å². The fourth-order valence-corrected chi connectivity index (χ4v) is 14.1. The molecular formula is C79H92AuBN5-2. The van der Waals surface area contributed by atoms with Gasteiger partial charge in [0, 0.05) is 83.6 Å². The Labute approximate surface area is 531 Å². The van der Waals surface area contributed by atoms with Crippen LogP contribution in [-0.4, -0.2) is 20.8 Å². The first kappa shape index (κ1) is 61.3. The summed E-state index contributed by atoms with van der Waals surface area (Å²) in [5.41, 5.74) is 28.4. The zero-order valence-corrected chi connectivity index (χ0v) is 57.8. The number of hydrogen-bond acceptors (Lipinski definition) is 3. The molecule has 0 saturated carbocycles. The summed E-state index contributed by atoms with van der Waals surface area (Å²) in [6, 6.07) is 48.6. The summed E-state index contributed by atoms with van der Waals surface area (Å²) < 4.78 is 5.15. The van der Waals surface area contributed by atoms with Gasteiger partial charge >= 0.3 is 0 Å². The van der Waals surface area contributed by atoms with E-state index in [4.69, 9.17) is 4.98 Å². The number of pyridine rings is 1. The van der Waals surface area contributed by atoms with Crippen LogP contribution < -0.4 is 26.2 Å². The molecule has 0 bridgehead atoms. The van der Waals surface area contributed by atoms with Gasteiger partial charge in [0.25, 0.3) is 0 Å². The molecule has 3 aliphatic rings. The summed E-state index contributed by atoms with van der Waals surface area (Å²) in [5, 5.41) is 5.42. The molecule has 5 nitrogen and oxygen atoms in total. The molecule has 449 valence electrons. The van der Waals surface area contributed by atoms with Crippen LogP contribution in [0.25, 0.3) is 55.0 Å². The minimum absolute atomic E-state index is 0. The summed E-state index contributed by atoms with van der Waals surface area (Å²) in [7, 11) is 0. The van der Waals surface area contributed by atoms with E-state index in [9.17, 15) is 0 Å². The summed E-state index contributed by atoms with van der Waals surface area (Å²) >= 11 is 0. The van der Waals surface area contributed by atoms with Gasteiger partial charge in [-0.3, -0.25) is 0 Å². The number of para-hydroxylation sites is 1. The Morgan fingerprint density at radius 3 is 1.26 bits per heavy atom. The SMILES string of the molecule is CC(C)(C)c1ccc2c(c1)c1cc(C(C)(C)C)cc3c1n2-c1c[c-]cc2c1B3c1cc(C(C)(C)C)cc3c4cc(C(C)(C)C)ccc4n-2c13.CC(C)c1cc(C(C)C)c(N2[CH-]N(c3c(C(C)C)cccc3C(C)C)c3ncccc32)c(C(C)C)c1.[Au]. The molecule has 0 atom stereocenters. The third-order valence-corrected chi connectivity index (χ3v) is 19.0. The maximum absolute atomic E-state index is 4.94. The molecular weight excluding hydrogens is 1230 g/mol. The molecule has 0 aliphatic carbocycles. The Bertz CT molecular complexity index is 4090. The largest absolute Gasteiger partial charge is 0.471 e. The smallest absolute Gasteiger partial charge is 0.226 e. The van der Waals surface area contributed by atoms with Crippen LogP contribution in [0, 0.1) is 12.7 Å². The van der Waals surface area contributed by atoms with E-state index in [0.29, 0.717) is 29.6 Å². The van der Waals surface area contributed by atoms with Crippen molar-refractivity contribution in [3.63, 3.8) is 0 Å². The van der Waals surface area contributed by atoms with E-state index >= 15 is 0 Å². The molecule has 86 heavy (non-hydrogen) atoms. The number of benzene rings is 7. The van der Waals surface area contributed by atoms with Crippen molar-refractivity contribution in [1.29, 1.82) is 0 Å². The van der Waals surface area contributed by atoms with Crippen LogP contribution in [0.2, 0.25) is 0 Å². The van der Waals surface area contributed by atoms with Crippen LogP contribution in [0.15, 0.2) is 121 Å². The predicted molar refractivity (Wildman–Crippen MR) is 370 cm³/mol. The molecule has 7 heteroatoms. The van der Waals surface area contributed by atoms with Gasteiger partial charge in [-0.15, -0.1) is 12.1 Å². The fourth-order valence-electron chi connectivity index (χ4n) is 14.1. The van der Waals surface area contributed by atoms with Gasteiger partial charge < -0.3 is 18.9 Å². The monoisotopic (exact) mass is 1320 g/mol. The fraction of sp³-hybridized carbons (Fsp3) is 0.392. The Morgan fingerprint density at radius 1 is 0.430 bits per heavy atom. The molecule has 0 fully saturated rings. The van der Waals surface area contributed by atoms with E-state index in [1.165, 1.54) is 133 Å². The molecule has 0 unspecified atom stereocenters. The first-order chi connectivity index (χ1) is 39.9. The molecule has 0 amide bonds. The topological polar surface area (TPSA) is 29.2 Å². The first-order valence-electron chi connectivity index (χ1n) is 31.9. The maximum Gasteiger partial charge on any atom is 0.226 e. The molecule has 3 aromatic heterocycles. The van der Waals surface area contributed by atoms with Gasteiger partial charge in [0.1, 0.15) is 5.82 Å². The Hall–Kier alpha value is -6.30. The van der Waals surface area contributed by atoms with E-state index in [-0.39, 0.29) is 50.8 Å². The maximum atomic E-state index is 4.94. The molecule has 7 aromatic carbocycles. The average molecular weight is 1320 g/mol. The molecule has 6 heterocycles. The van der Waals surface area contributed by atoms with Crippen molar-refractivity contribution in [3.8, 4) is 11.4 Å². The van der Waals surface area contributed by atoms with Crippen LogP contribution >= 0.6 is 0 Å². The molecule has 0 spiro atoms. The van der Waals surface area contributed by atoms with Gasteiger partial charge in [0.15, 0.2) is 0 Å². The van der Waals surface area contributed by atoms with Crippen molar-refractivity contribution in [2.75, 3.05) is 9.80 Å². The van der Waals surface area contributed by atoms with Crippen LogP contribution in [0.4, 0.5) is 22.9 Å². The van der Waals surface area contributed by atoms with Crippen LogP contribution in [0.5, 0.6) is 0 Å². The van der Waals surface area contributed by atoms with Crippen molar-refractivity contribution in [2.45, 2.75) is 204 Å². The number of rotatable bonds is 7. The van der Waals surface area contributed by atoms with Gasteiger partial charge in [0.2, 0.25) is 6.71 Å². The second kappa shape index (κ2) is 21.5. The second-order valence-electron chi connectivity index (χ2n) is 30.9. The third kappa shape index (κ3) is 9.91. The Balaban J connectivity index is 0.000000186. The van der Waals surface area contributed by atoms with E-state index < -0.39 is 0 Å². The zero-order chi connectivity index (χ0) is 61.0. The van der Waals surface area contributed by atoms with Crippen molar-refractivity contribution in [3.05, 3.63) is 184 Å². The summed E-state index contributed by atoms with van der Waals surface area (Å²) in [6.07, 6.45) is 1.92. The normalized spacial score (nSPS) is 14.0. The van der Waals surface area contributed by atoms with Gasteiger partial charge in [0.05, 0.1) is 5.69 Å². The number of aromatic nitrogens is 3. The van der Waals surface area contributed by atoms with Gasteiger partial charge in [-0.25, -0.2) is 4.98 Å². The van der Waals surface area contributed by atoms with Crippen molar-refractivity contribution in [1.82, 2.24) is 14.1 Å². The number of fused-ring (bicyclic) bond motifs is 11. The number of nitrogens with zero attached hydrogens (tertiary/aromatic N) is 5. The first-order valence-corrected chi connectivity index (χ1v) is 31.9. The average Bonchev–Trinajstić information content (AvgIpc) is 1.44. The van der Waals surface area contributed by atoms with Crippen molar-refractivity contribution >= 4 is 89.6 Å². The molecule has 10 aromatic rings. The van der Waals surface area contributed by atoms with E-state index in [0.717, 1.165) is 11.5 Å². The van der Waals surface area contributed by atoms with Crippen molar-refractivity contribution < 1.29 is 22.4 Å². The Morgan fingerprint density at radius 2 is 0.849 bits per heavy atom. The van der Waals surface area contributed by atoms with E-state index in [1.807, 2.05) is 6.20 Å². The number of anilines is 4. The van der Waals surface area contributed by atoms with Gasteiger partial charge in [-0.2, -0.15) is 18.2 Å². The van der Waals surface area contributed by atoms with Gasteiger partial charge in [-0.1, -0.05) is 218 Å². The predicted octanol–water partition coefficient (Wildman–Crippen LogP) is 20.1. The minimum atomic E-state index is 0. The second-order valence-corrected chi connectivity index (χ2v) is 30.9. The molecule has 1 radical (unpaired) electrons. The minimum Gasteiger partial charge on any atom is -0.471 e.